The van der Waals surface area contributed by atoms with E-state index in [1.165, 1.54) is 72.8 Å². The molecule has 0 radical (unpaired) electrons. The Morgan fingerprint density at radius 1 is 0.500 bits per heavy atom. The number of ketones is 2. The van der Waals surface area contributed by atoms with Gasteiger partial charge in [0.05, 0.1) is 6.16 Å². The third kappa shape index (κ3) is 6.86. The Morgan fingerprint density at radius 2 is 0.895 bits per heavy atom. The van der Waals surface area contributed by atoms with Crippen LogP contribution in [0.1, 0.15) is 64.7 Å². The van der Waals surface area contributed by atoms with Crippen LogP contribution in [0.15, 0.2) is 114 Å². The fraction of sp³-hybridized carbons (Fsp3) is 0.314. The zero-order chi connectivity index (χ0) is 26.6. The Kier molecular flexibility index (Phi) is 10.4. The van der Waals surface area contributed by atoms with Crippen molar-refractivity contribution in [2.45, 2.75) is 64.7 Å². The maximum atomic E-state index is 12.1. The average molecular weight is 524 g/mol. The van der Waals surface area contributed by atoms with E-state index >= 15 is 0 Å². The Hall–Kier alpha value is -3.09. The lowest BCUT2D eigenvalue weighted by Gasteiger charge is -2.27. The molecule has 1 aliphatic carbocycles. The third-order valence-corrected chi connectivity index (χ3v) is 12.3. The smallest absolute Gasteiger partial charge is 0.182 e. The van der Waals surface area contributed by atoms with Crippen molar-refractivity contribution in [1.82, 2.24) is 0 Å². The van der Waals surface area contributed by atoms with Crippen molar-refractivity contribution in [2.75, 3.05) is 6.16 Å². The molecule has 0 aliphatic heterocycles. The van der Waals surface area contributed by atoms with Crippen molar-refractivity contribution in [2.24, 2.45) is 0 Å². The predicted octanol–water partition coefficient (Wildman–Crippen LogP) is 7.52. The summed E-state index contributed by atoms with van der Waals surface area (Å²) in [5.74, 6) is 0.000357. The minimum absolute atomic E-state index is 0.0159. The van der Waals surface area contributed by atoms with Crippen molar-refractivity contribution in [1.29, 1.82) is 0 Å². The monoisotopic (exact) mass is 523 g/mol. The van der Waals surface area contributed by atoms with Crippen LogP contribution in [0.25, 0.3) is 0 Å². The predicted molar refractivity (Wildman–Crippen MR) is 163 cm³/mol. The molecular formula is C35H40O2P+. The maximum absolute atomic E-state index is 12.1. The second kappa shape index (κ2) is 14.2. The molecule has 0 saturated heterocycles. The quantitative estimate of drug-likeness (QED) is 0.124. The van der Waals surface area contributed by atoms with Gasteiger partial charge in [0.25, 0.3) is 0 Å². The van der Waals surface area contributed by atoms with E-state index in [0.29, 0.717) is 5.57 Å². The van der Waals surface area contributed by atoms with Crippen molar-refractivity contribution < 1.29 is 9.59 Å². The lowest BCUT2D eigenvalue weighted by Crippen LogP contribution is -2.33. The molecule has 0 atom stereocenters. The highest BCUT2D eigenvalue weighted by molar-refractivity contribution is 7.95. The van der Waals surface area contributed by atoms with Gasteiger partial charge in [-0.15, -0.1) is 0 Å². The zero-order valence-corrected chi connectivity index (χ0v) is 23.5. The normalized spacial score (nSPS) is 13.8. The summed E-state index contributed by atoms with van der Waals surface area (Å²) in [5.41, 5.74) is 1.36. The molecule has 3 aromatic rings. The highest BCUT2D eigenvalue weighted by atomic mass is 31.2. The molecule has 0 unspecified atom stereocenters. The van der Waals surface area contributed by atoms with E-state index in [2.05, 4.69) is 91.0 Å². The molecule has 1 aliphatic rings. The SMILES string of the molecule is CC1=C(CCCCCCCCCC[P+](c2ccccc2)(c2ccccc2)c2ccccc2)C(=O)C=CC1=O. The number of hydrogen-bond acceptors (Lipinski definition) is 2. The van der Waals surface area contributed by atoms with E-state index in [1.807, 2.05) is 0 Å². The molecule has 3 aromatic carbocycles. The second-order valence-corrected chi connectivity index (χ2v) is 13.9. The second-order valence-electron chi connectivity index (χ2n) is 10.3. The number of allylic oxidation sites excluding steroid dienone is 4. The van der Waals surface area contributed by atoms with Gasteiger partial charge in [-0.3, -0.25) is 9.59 Å². The van der Waals surface area contributed by atoms with E-state index < -0.39 is 7.26 Å². The highest BCUT2D eigenvalue weighted by Gasteiger charge is 2.44. The molecule has 0 heterocycles. The lowest BCUT2D eigenvalue weighted by molar-refractivity contribution is -0.115. The highest BCUT2D eigenvalue weighted by Crippen LogP contribution is 2.56. The first kappa shape index (κ1) is 27.9. The fourth-order valence-electron chi connectivity index (χ4n) is 5.61. The van der Waals surface area contributed by atoms with E-state index in [9.17, 15) is 9.59 Å². The zero-order valence-electron chi connectivity index (χ0n) is 22.6. The summed E-state index contributed by atoms with van der Waals surface area (Å²) >= 11 is 0. The number of benzene rings is 3. The number of unbranched alkanes of at least 4 members (excludes halogenated alkanes) is 7. The van der Waals surface area contributed by atoms with Gasteiger partial charge in [0.15, 0.2) is 11.6 Å². The van der Waals surface area contributed by atoms with Gasteiger partial charge < -0.3 is 0 Å². The van der Waals surface area contributed by atoms with E-state index in [0.717, 1.165) is 24.8 Å². The summed E-state index contributed by atoms with van der Waals surface area (Å²) in [5, 5.41) is 4.41. The van der Waals surface area contributed by atoms with Crippen LogP contribution in [-0.2, 0) is 9.59 Å². The molecule has 0 spiro atoms. The molecule has 0 saturated carbocycles. The van der Waals surface area contributed by atoms with Gasteiger partial charge in [0.1, 0.15) is 23.2 Å². The summed E-state index contributed by atoms with van der Waals surface area (Å²) < 4.78 is 0. The maximum Gasteiger partial charge on any atom is 0.182 e. The number of hydrogen-bond donors (Lipinski definition) is 0. The van der Waals surface area contributed by atoms with Crippen molar-refractivity contribution >= 4 is 34.7 Å². The Labute approximate surface area is 229 Å². The van der Waals surface area contributed by atoms with E-state index in [1.54, 1.807) is 6.92 Å². The Bertz CT molecular complexity index is 1150. The van der Waals surface area contributed by atoms with E-state index in [-0.39, 0.29) is 11.6 Å². The summed E-state index contributed by atoms with van der Waals surface area (Å²) in [4.78, 5) is 23.9. The van der Waals surface area contributed by atoms with Crippen molar-refractivity contribution in [3.63, 3.8) is 0 Å². The summed E-state index contributed by atoms with van der Waals surface area (Å²) in [6.07, 6.45) is 14.3. The molecule has 0 fully saturated rings. The van der Waals surface area contributed by atoms with Gasteiger partial charge in [-0.2, -0.15) is 0 Å². The Morgan fingerprint density at radius 3 is 1.37 bits per heavy atom. The number of carbonyl (C=O) groups is 2. The number of rotatable bonds is 14. The minimum Gasteiger partial charge on any atom is -0.290 e. The average Bonchev–Trinajstić information content (AvgIpc) is 2.97. The molecule has 0 N–H and O–H groups in total. The molecule has 196 valence electrons. The van der Waals surface area contributed by atoms with Crippen molar-refractivity contribution in [3.05, 3.63) is 114 Å². The molecule has 38 heavy (non-hydrogen) atoms. The van der Waals surface area contributed by atoms with Crippen molar-refractivity contribution in [3.8, 4) is 0 Å². The van der Waals surface area contributed by atoms with Crippen LogP contribution in [-0.4, -0.2) is 17.7 Å². The van der Waals surface area contributed by atoms with Gasteiger partial charge in [-0.25, -0.2) is 0 Å². The molecular weight excluding hydrogens is 483 g/mol. The molecule has 0 amide bonds. The van der Waals surface area contributed by atoms with Crippen LogP contribution in [0.2, 0.25) is 0 Å². The van der Waals surface area contributed by atoms with Gasteiger partial charge >= 0.3 is 0 Å². The largest absolute Gasteiger partial charge is 0.290 e. The van der Waals surface area contributed by atoms with E-state index in [4.69, 9.17) is 0 Å². The van der Waals surface area contributed by atoms with Crippen LogP contribution in [0.5, 0.6) is 0 Å². The summed E-state index contributed by atoms with van der Waals surface area (Å²) in [6, 6.07) is 33.5. The number of carbonyl (C=O) groups excluding carboxylic acids is 2. The van der Waals surface area contributed by atoms with Gasteiger partial charge in [-0.1, -0.05) is 86.7 Å². The first-order chi connectivity index (χ1) is 18.6. The first-order valence-corrected chi connectivity index (χ1v) is 16.1. The molecule has 2 nitrogen and oxygen atoms in total. The standard InChI is InChI=1S/C35H40O2P/c1-29-33(35(37)27-26-34(29)36)25-17-6-4-2-3-5-7-18-28-38(30-19-11-8-12-20-30,31-21-13-9-14-22-31)32-23-15-10-16-24-32/h8-16,19-24,26-27H,2-7,17-18,25,28H2,1H3/q+1. The lowest BCUT2D eigenvalue weighted by atomic mass is 9.92. The van der Waals surface area contributed by atoms with Crippen LogP contribution in [0.4, 0.5) is 0 Å². The third-order valence-electron chi connectivity index (χ3n) is 7.77. The summed E-state index contributed by atoms with van der Waals surface area (Å²) in [6.45, 7) is 1.78. The van der Waals surface area contributed by atoms with Crippen LogP contribution in [0, 0.1) is 0 Å². The molecule has 4 rings (SSSR count). The molecule has 3 heteroatoms. The van der Waals surface area contributed by atoms with Gasteiger partial charge in [0, 0.05) is 11.1 Å². The first-order valence-electron chi connectivity index (χ1n) is 14.1. The van der Waals surface area contributed by atoms with Gasteiger partial charge in [0.2, 0.25) is 0 Å². The van der Waals surface area contributed by atoms with Crippen LogP contribution < -0.4 is 15.9 Å². The topological polar surface area (TPSA) is 34.1 Å². The van der Waals surface area contributed by atoms with Gasteiger partial charge in [-0.05, 0) is 81.2 Å². The van der Waals surface area contributed by atoms with Crippen LogP contribution >= 0.6 is 7.26 Å². The minimum atomic E-state index is -1.71. The van der Waals surface area contributed by atoms with Crippen LogP contribution in [0.3, 0.4) is 0 Å². The Balaban J connectivity index is 1.28. The summed E-state index contributed by atoms with van der Waals surface area (Å²) in [7, 11) is -1.71. The fourth-order valence-corrected chi connectivity index (χ4v) is 10.0. The molecule has 0 bridgehead atoms. The molecule has 0 aromatic heterocycles.